The van der Waals surface area contributed by atoms with Crippen molar-refractivity contribution in [2.24, 2.45) is 0 Å². The second-order valence-electron chi connectivity index (χ2n) is 6.86. The highest BCUT2D eigenvalue weighted by Crippen LogP contribution is 2.28. The molecule has 8 heteroatoms. The number of nitrogens with zero attached hydrogens (tertiary/aromatic N) is 3. The number of aromatic nitrogens is 2. The van der Waals surface area contributed by atoms with Gasteiger partial charge in [0, 0.05) is 30.6 Å². The minimum atomic E-state index is -0.549. The maximum absolute atomic E-state index is 12.5. The van der Waals surface area contributed by atoms with Crippen LogP contribution in [-0.2, 0) is 6.42 Å². The Hall–Kier alpha value is -3.42. The molecule has 0 aliphatic heterocycles. The van der Waals surface area contributed by atoms with Crippen LogP contribution in [0.25, 0.3) is 11.0 Å². The lowest BCUT2D eigenvalue weighted by Crippen LogP contribution is -2.26. The molecule has 1 N–H and O–H groups in total. The molecule has 1 aromatic heterocycles. The van der Waals surface area contributed by atoms with E-state index in [9.17, 15) is 14.9 Å². The molecule has 0 spiro atoms. The highest BCUT2D eigenvalue weighted by atomic mass is 16.6. The monoisotopic (exact) mass is 396 g/mol. The number of rotatable bonds is 8. The van der Waals surface area contributed by atoms with Crippen LogP contribution in [0.4, 0.5) is 5.69 Å². The molecule has 29 heavy (non-hydrogen) atoms. The number of hydrogen-bond acceptors (Lipinski definition) is 5. The van der Waals surface area contributed by atoms with E-state index in [0.717, 1.165) is 16.9 Å². The first kappa shape index (κ1) is 20.3. The molecule has 0 bridgehead atoms. The Kier molecular flexibility index (Phi) is 6.11. The molecule has 0 aliphatic rings. The highest BCUT2D eigenvalue weighted by molar-refractivity contribution is 5.95. The average molecular weight is 396 g/mol. The molecule has 3 aromatic rings. The molecule has 0 atom stereocenters. The van der Waals surface area contributed by atoms with Crippen LogP contribution in [0, 0.1) is 10.1 Å². The van der Waals surface area contributed by atoms with Gasteiger partial charge in [-0.1, -0.05) is 12.1 Å². The van der Waals surface area contributed by atoms with E-state index in [4.69, 9.17) is 4.74 Å². The SMILES string of the molecule is CCOc1ccc(C(=O)NCCc2nc3ccccc3n2C(C)C)cc1[N+](=O)[O-]. The summed E-state index contributed by atoms with van der Waals surface area (Å²) < 4.78 is 7.41. The van der Waals surface area contributed by atoms with E-state index in [1.54, 1.807) is 6.92 Å². The third kappa shape index (κ3) is 4.37. The Morgan fingerprint density at radius 3 is 2.72 bits per heavy atom. The lowest BCUT2D eigenvalue weighted by Gasteiger charge is -2.13. The molecule has 8 nitrogen and oxygen atoms in total. The fraction of sp³-hybridized carbons (Fsp3) is 0.333. The van der Waals surface area contributed by atoms with E-state index in [2.05, 4.69) is 28.7 Å². The van der Waals surface area contributed by atoms with Crippen molar-refractivity contribution in [2.75, 3.05) is 13.2 Å². The van der Waals surface area contributed by atoms with Gasteiger partial charge in [0.1, 0.15) is 5.82 Å². The molecule has 1 heterocycles. The summed E-state index contributed by atoms with van der Waals surface area (Å²) in [5.41, 5.74) is 1.98. The summed E-state index contributed by atoms with van der Waals surface area (Å²) in [6.07, 6.45) is 0.553. The van der Waals surface area contributed by atoms with Gasteiger partial charge in [-0.3, -0.25) is 14.9 Å². The highest BCUT2D eigenvalue weighted by Gasteiger charge is 2.19. The third-order valence-corrected chi connectivity index (χ3v) is 4.54. The van der Waals surface area contributed by atoms with Gasteiger partial charge in [0.15, 0.2) is 5.75 Å². The smallest absolute Gasteiger partial charge is 0.311 e. The van der Waals surface area contributed by atoms with Crippen molar-refractivity contribution in [1.82, 2.24) is 14.9 Å². The summed E-state index contributed by atoms with van der Waals surface area (Å²) in [6.45, 7) is 6.61. The van der Waals surface area contributed by atoms with Crippen LogP contribution >= 0.6 is 0 Å². The molecule has 0 aliphatic carbocycles. The van der Waals surface area contributed by atoms with E-state index in [0.29, 0.717) is 19.6 Å². The van der Waals surface area contributed by atoms with Gasteiger partial charge in [-0.05, 0) is 45.0 Å². The van der Waals surface area contributed by atoms with Crippen LogP contribution < -0.4 is 10.1 Å². The Balaban J connectivity index is 1.72. The summed E-state index contributed by atoms with van der Waals surface area (Å²) in [5.74, 6) is 0.669. The Morgan fingerprint density at radius 2 is 2.03 bits per heavy atom. The Labute approximate surface area is 168 Å². The van der Waals surface area contributed by atoms with Crippen LogP contribution in [0.3, 0.4) is 0 Å². The number of benzene rings is 2. The van der Waals surface area contributed by atoms with Crippen molar-refractivity contribution in [1.29, 1.82) is 0 Å². The fourth-order valence-corrected chi connectivity index (χ4v) is 3.32. The molecule has 1 amide bonds. The zero-order valence-electron chi connectivity index (χ0n) is 16.7. The minimum absolute atomic E-state index is 0.153. The van der Waals surface area contributed by atoms with Crippen LogP contribution in [-0.4, -0.2) is 33.5 Å². The Bertz CT molecular complexity index is 1040. The molecule has 0 unspecified atom stereocenters. The minimum Gasteiger partial charge on any atom is -0.487 e. The molecule has 0 saturated carbocycles. The number of nitro groups is 1. The molecule has 0 radical (unpaired) electrons. The quantitative estimate of drug-likeness (QED) is 0.460. The van der Waals surface area contributed by atoms with Crippen molar-refractivity contribution < 1.29 is 14.5 Å². The van der Waals surface area contributed by atoms with Gasteiger partial charge < -0.3 is 14.6 Å². The van der Waals surface area contributed by atoms with Crippen LogP contribution in [0.15, 0.2) is 42.5 Å². The molecular weight excluding hydrogens is 372 g/mol. The largest absolute Gasteiger partial charge is 0.487 e. The van der Waals surface area contributed by atoms with Crippen LogP contribution in [0.2, 0.25) is 0 Å². The molecule has 2 aromatic carbocycles. The number of nitrogens with one attached hydrogen (secondary N) is 1. The number of imidazole rings is 1. The van der Waals surface area contributed by atoms with E-state index in [-0.39, 0.29) is 28.9 Å². The number of fused-ring (bicyclic) bond motifs is 1. The number of carbonyl (C=O) groups is 1. The Morgan fingerprint density at radius 1 is 1.28 bits per heavy atom. The van der Waals surface area contributed by atoms with Gasteiger partial charge >= 0.3 is 5.69 Å². The molecule has 152 valence electrons. The van der Waals surface area contributed by atoms with Gasteiger partial charge in [0.2, 0.25) is 0 Å². The molecule has 3 rings (SSSR count). The van der Waals surface area contributed by atoms with E-state index < -0.39 is 4.92 Å². The number of ether oxygens (including phenoxy) is 1. The predicted molar refractivity (Wildman–Crippen MR) is 110 cm³/mol. The van der Waals surface area contributed by atoms with Crippen molar-refractivity contribution in [3.8, 4) is 5.75 Å². The predicted octanol–water partition coefficient (Wildman–Crippen LogP) is 3.90. The summed E-state index contributed by atoms with van der Waals surface area (Å²) in [7, 11) is 0. The van der Waals surface area contributed by atoms with Gasteiger partial charge in [-0.2, -0.15) is 0 Å². The number of nitro benzene ring substituents is 1. The second-order valence-corrected chi connectivity index (χ2v) is 6.86. The van der Waals surface area contributed by atoms with Crippen LogP contribution in [0.1, 0.15) is 43.0 Å². The van der Waals surface area contributed by atoms with Crippen molar-refractivity contribution >= 4 is 22.6 Å². The van der Waals surface area contributed by atoms with Gasteiger partial charge in [-0.25, -0.2) is 4.98 Å². The summed E-state index contributed by atoms with van der Waals surface area (Å²) in [6, 6.07) is 12.4. The topological polar surface area (TPSA) is 99.3 Å². The standard InChI is InChI=1S/C21H24N4O4/c1-4-29-19-10-9-15(13-18(19)25(27)28)21(26)22-12-11-20-23-16-7-5-6-8-17(16)24(20)14(2)3/h5-10,13-14H,4,11-12H2,1-3H3,(H,22,26). The molecule has 0 fully saturated rings. The second kappa shape index (κ2) is 8.72. The van der Waals surface area contributed by atoms with Crippen molar-refractivity contribution in [3.05, 3.63) is 64.0 Å². The van der Waals surface area contributed by atoms with E-state index >= 15 is 0 Å². The average Bonchev–Trinajstić information content (AvgIpc) is 3.06. The first-order chi connectivity index (χ1) is 13.9. The zero-order chi connectivity index (χ0) is 21.0. The molecular formula is C21H24N4O4. The number of para-hydroxylation sites is 2. The van der Waals surface area contributed by atoms with Crippen molar-refractivity contribution in [3.63, 3.8) is 0 Å². The number of amides is 1. The summed E-state index contributed by atoms with van der Waals surface area (Å²) in [4.78, 5) is 27.8. The van der Waals surface area contributed by atoms with E-state index in [1.165, 1.54) is 18.2 Å². The lowest BCUT2D eigenvalue weighted by molar-refractivity contribution is -0.385. The van der Waals surface area contributed by atoms with Gasteiger partial charge in [0.05, 0.1) is 22.6 Å². The first-order valence-corrected chi connectivity index (χ1v) is 9.57. The first-order valence-electron chi connectivity index (χ1n) is 9.57. The fourth-order valence-electron chi connectivity index (χ4n) is 3.32. The summed E-state index contributed by atoms with van der Waals surface area (Å²) in [5, 5.41) is 14.1. The number of carbonyl (C=O) groups excluding carboxylic acids is 1. The maximum Gasteiger partial charge on any atom is 0.311 e. The number of hydrogen-bond donors (Lipinski definition) is 1. The summed E-state index contributed by atoms with van der Waals surface area (Å²) >= 11 is 0. The lowest BCUT2D eigenvalue weighted by atomic mass is 10.1. The van der Waals surface area contributed by atoms with E-state index in [1.807, 2.05) is 24.3 Å². The van der Waals surface area contributed by atoms with Gasteiger partial charge in [-0.15, -0.1) is 0 Å². The maximum atomic E-state index is 12.5. The third-order valence-electron chi connectivity index (χ3n) is 4.54. The van der Waals surface area contributed by atoms with Crippen molar-refractivity contribution in [2.45, 2.75) is 33.2 Å². The molecule has 0 saturated heterocycles. The zero-order valence-corrected chi connectivity index (χ0v) is 16.7. The normalized spacial score (nSPS) is 11.0. The van der Waals surface area contributed by atoms with Gasteiger partial charge in [0.25, 0.3) is 5.91 Å². The van der Waals surface area contributed by atoms with Crippen LogP contribution in [0.5, 0.6) is 5.75 Å².